The molecule has 0 N–H and O–H groups in total. The molecule has 0 aromatic heterocycles. The van der Waals surface area contributed by atoms with E-state index in [0.717, 1.165) is 18.8 Å². The van der Waals surface area contributed by atoms with Crippen LogP contribution in [0, 0.1) is 5.92 Å². The Morgan fingerprint density at radius 3 is 2.09 bits per heavy atom. The standard InChI is InChI=1S/C19H34O3/c1-2-21-18(20)19(16-22-19)15-11-14-17-12-9-7-5-3-4-6-8-10-13-17/h17H,2-16H2,1H3. The number of ether oxygens (including phenoxy) is 2. The summed E-state index contributed by atoms with van der Waals surface area (Å²) in [5, 5.41) is 0. The van der Waals surface area contributed by atoms with Gasteiger partial charge in [-0.1, -0.05) is 70.6 Å². The van der Waals surface area contributed by atoms with Gasteiger partial charge >= 0.3 is 5.97 Å². The van der Waals surface area contributed by atoms with Crippen molar-refractivity contribution in [3.05, 3.63) is 0 Å². The quantitative estimate of drug-likeness (QED) is 0.511. The highest BCUT2D eigenvalue weighted by molar-refractivity contribution is 5.82. The van der Waals surface area contributed by atoms with Crippen LogP contribution in [-0.2, 0) is 14.3 Å². The molecular weight excluding hydrogens is 276 g/mol. The molecule has 0 aromatic rings. The van der Waals surface area contributed by atoms with Gasteiger partial charge in [-0.25, -0.2) is 4.79 Å². The summed E-state index contributed by atoms with van der Waals surface area (Å²) in [7, 11) is 0. The van der Waals surface area contributed by atoms with E-state index in [-0.39, 0.29) is 5.97 Å². The molecule has 3 nitrogen and oxygen atoms in total. The molecule has 0 aromatic carbocycles. The number of rotatable bonds is 6. The van der Waals surface area contributed by atoms with Gasteiger partial charge in [-0.15, -0.1) is 0 Å². The summed E-state index contributed by atoms with van der Waals surface area (Å²) in [6.45, 7) is 2.87. The van der Waals surface area contributed by atoms with Gasteiger partial charge in [0.15, 0.2) is 5.60 Å². The largest absolute Gasteiger partial charge is 0.464 e. The maximum Gasteiger partial charge on any atom is 0.340 e. The summed E-state index contributed by atoms with van der Waals surface area (Å²) in [6.07, 6.45) is 17.3. The van der Waals surface area contributed by atoms with Crippen molar-refractivity contribution in [2.45, 2.75) is 96.0 Å². The molecule has 0 radical (unpaired) electrons. The highest BCUT2D eigenvalue weighted by atomic mass is 16.6. The van der Waals surface area contributed by atoms with E-state index in [0.29, 0.717) is 13.2 Å². The second kappa shape index (κ2) is 9.54. The average molecular weight is 310 g/mol. The molecule has 128 valence electrons. The summed E-state index contributed by atoms with van der Waals surface area (Å²) in [5.74, 6) is 0.716. The highest BCUT2D eigenvalue weighted by Crippen LogP contribution is 2.35. The van der Waals surface area contributed by atoms with Crippen molar-refractivity contribution >= 4 is 5.97 Å². The van der Waals surface area contributed by atoms with Gasteiger partial charge in [-0.2, -0.15) is 0 Å². The Balaban J connectivity index is 1.68. The van der Waals surface area contributed by atoms with Crippen molar-refractivity contribution in [2.24, 2.45) is 5.92 Å². The van der Waals surface area contributed by atoms with Crippen LogP contribution in [-0.4, -0.2) is 24.8 Å². The van der Waals surface area contributed by atoms with Gasteiger partial charge in [0.05, 0.1) is 13.2 Å². The Hall–Kier alpha value is -0.570. The lowest BCUT2D eigenvalue weighted by atomic mass is 9.89. The Bertz CT molecular complexity index is 311. The van der Waals surface area contributed by atoms with Gasteiger partial charge in [0.1, 0.15) is 0 Å². The van der Waals surface area contributed by atoms with Gasteiger partial charge in [-0.3, -0.25) is 0 Å². The van der Waals surface area contributed by atoms with Crippen molar-refractivity contribution in [2.75, 3.05) is 13.2 Å². The van der Waals surface area contributed by atoms with Crippen molar-refractivity contribution in [1.29, 1.82) is 0 Å². The minimum absolute atomic E-state index is 0.141. The van der Waals surface area contributed by atoms with Crippen LogP contribution in [0.4, 0.5) is 0 Å². The van der Waals surface area contributed by atoms with E-state index in [1.54, 1.807) is 0 Å². The number of carbonyl (C=O) groups excluding carboxylic acids is 1. The second-order valence-corrected chi connectivity index (χ2v) is 7.17. The first-order valence-electron chi connectivity index (χ1n) is 9.58. The molecule has 22 heavy (non-hydrogen) atoms. The topological polar surface area (TPSA) is 38.8 Å². The van der Waals surface area contributed by atoms with Crippen LogP contribution in [0.5, 0.6) is 0 Å². The molecule has 3 heteroatoms. The predicted octanol–water partition coefficient (Wildman–Crippen LogP) is 5.02. The monoisotopic (exact) mass is 310 g/mol. The molecule has 1 saturated heterocycles. The van der Waals surface area contributed by atoms with Gasteiger partial charge < -0.3 is 9.47 Å². The van der Waals surface area contributed by atoms with E-state index in [2.05, 4.69) is 0 Å². The first-order chi connectivity index (χ1) is 10.8. The van der Waals surface area contributed by atoms with E-state index in [9.17, 15) is 4.79 Å². The summed E-state index contributed by atoms with van der Waals surface area (Å²) in [5.41, 5.74) is -0.566. The number of hydrogen-bond donors (Lipinski definition) is 0. The fourth-order valence-electron chi connectivity index (χ4n) is 3.75. The lowest BCUT2D eigenvalue weighted by Crippen LogP contribution is -2.27. The van der Waals surface area contributed by atoms with Crippen LogP contribution >= 0.6 is 0 Å². The van der Waals surface area contributed by atoms with Gasteiger partial charge in [0, 0.05) is 0 Å². The van der Waals surface area contributed by atoms with E-state index in [1.807, 2.05) is 6.92 Å². The fraction of sp³-hybridized carbons (Fsp3) is 0.947. The van der Waals surface area contributed by atoms with Crippen molar-refractivity contribution in [3.63, 3.8) is 0 Å². The molecule has 0 amide bonds. The van der Waals surface area contributed by atoms with Crippen molar-refractivity contribution < 1.29 is 14.3 Å². The molecule has 1 aliphatic heterocycles. The van der Waals surface area contributed by atoms with Gasteiger partial charge in [-0.05, 0) is 25.7 Å². The van der Waals surface area contributed by atoms with E-state index >= 15 is 0 Å². The van der Waals surface area contributed by atoms with Gasteiger partial charge in [0.2, 0.25) is 0 Å². The molecule has 1 unspecified atom stereocenters. The number of hydrogen-bond acceptors (Lipinski definition) is 3. The van der Waals surface area contributed by atoms with Crippen LogP contribution in [0.3, 0.4) is 0 Å². The molecule has 2 rings (SSSR count). The number of esters is 1. The zero-order chi connectivity index (χ0) is 15.7. The van der Waals surface area contributed by atoms with Crippen LogP contribution in [0.1, 0.15) is 90.4 Å². The molecule has 2 fully saturated rings. The maximum atomic E-state index is 11.9. The lowest BCUT2D eigenvalue weighted by molar-refractivity contribution is -0.149. The number of epoxide rings is 1. The average Bonchev–Trinajstić information content (AvgIpc) is 3.29. The smallest absolute Gasteiger partial charge is 0.340 e. The lowest BCUT2D eigenvalue weighted by Gasteiger charge is -2.17. The molecule has 1 aliphatic carbocycles. The third kappa shape index (κ3) is 5.91. The zero-order valence-electron chi connectivity index (χ0n) is 14.4. The normalized spacial score (nSPS) is 27.9. The number of carbonyl (C=O) groups is 1. The predicted molar refractivity (Wildman–Crippen MR) is 88.8 cm³/mol. The Kier molecular flexibility index (Phi) is 7.71. The SMILES string of the molecule is CCOC(=O)C1(CCCC2CCCCCCCCCC2)CO1. The third-order valence-electron chi connectivity index (χ3n) is 5.31. The van der Waals surface area contributed by atoms with E-state index in [4.69, 9.17) is 9.47 Å². The van der Waals surface area contributed by atoms with Crippen LogP contribution in [0.25, 0.3) is 0 Å². The Morgan fingerprint density at radius 2 is 1.59 bits per heavy atom. The molecular formula is C19H34O3. The van der Waals surface area contributed by atoms with Crippen LogP contribution in [0.2, 0.25) is 0 Å². The van der Waals surface area contributed by atoms with E-state index < -0.39 is 5.60 Å². The first kappa shape index (κ1) is 17.8. The molecule has 0 bridgehead atoms. The zero-order valence-corrected chi connectivity index (χ0v) is 14.4. The first-order valence-corrected chi connectivity index (χ1v) is 9.58. The van der Waals surface area contributed by atoms with Crippen LogP contribution in [0.15, 0.2) is 0 Å². The maximum absolute atomic E-state index is 11.9. The summed E-state index contributed by atoms with van der Waals surface area (Å²) in [6, 6.07) is 0. The van der Waals surface area contributed by atoms with Crippen LogP contribution < -0.4 is 0 Å². The van der Waals surface area contributed by atoms with E-state index in [1.165, 1.54) is 70.6 Å². The molecule has 1 atom stereocenters. The highest BCUT2D eigenvalue weighted by Gasteiger charge is 2.53. The Labute approximate surface area is 136 Å². The van der Waals surface area contributed by atoms with Gasteiger partial charge in [0.25, 0.3) is 0 Å². The van der Waals surface area contributed by atoms with Crippen molar-refractivity contribution in [3.8, 4) is 0 Å². The molecule has 1 saturated carbocycles. The molecule has 0 spiro atoms. The minimum Gasteiger partial charge on any atom is -0.464 e. The minimum atomic E-state index is -0.566. The summed E-state index contributed by atoms with van der Waals surface area (Å²) in [4.78, 5) is 11.9. The second-order valence-electron chi connectivity index (χ2n) is 7.17. The Morgan fingerprint density at radius 1 is 1.05 bits per heavy atom. The molecule has 2 aliphatic rings. The summed E-state index contributed by atoms with van der Waals surface area (Å²) >= 11 is 0. The fourth-order valence-corrected chi connectivity index (χ4v) is 3.75. The van der Waals surface area contributed by atoms with Crippen molar-refractivity contribution in [1.82, 2.24) is 0 Å². The summed E-state index contributed by atoms with van der Waals surface area (Å²) < 4.78 is 10.6. The third-order valence-corrected chi connectivity index (χ3v) is 5.31. The molecule has 1 heterocycles.